The van der Waals surface area contributed by atoms with Gasteiger partial charge in [0.15, 0.2) is 0 Å². The third-order valence-electron chi connectivity index (χ3n) is 5.05. The highest BCUT2D eigenvalue weighted by molar-refractivity contribution is 6.31. The van der Waals surface area contributed by atoms with Gasteiger partial charge in [-0.1, -0.05) is 17.7 Å². The lowest BCUT2D eigenvalue weighted by atomic mass is 10.2. The Hall–Kier alpha value is -2.20. The van der Waals surface area contributed by atoms with E-state index in [1.54, 1.807) is 6.07 Å². The molecule has 2 aromatic rings. The zero-order valence-corrected chi connectivity index (χ0v) is 16.8. The predicted octanol–water partition coefficient (Wildman–Crippen LogP) is 4.46. The van der Waals surface area contributed by atoms with Crippen LogP contribution in [0, 0.1) is 5.82 Å². The van der Waals surface area contributed by atoms with Crippen molar-refractivity contribution in [3.05, 3.63) is 52.1 Å². The summed E-state index contributed by atoms with van der Waals surface area (Å²) >= 11 is 6.05. The zero-order valence-electron chi connectivity index (χ0n) is 16.0. The molecule has 1 unspecified atom stereocenters. The summed E-state index contributed by atoms with van der Waals surface area (Å²) < 4.78 is 66.0. The zero-order chi connectivity index (χ0) is 22.0. The van der Waals surface area contributed by atoms with Gasteiger partial charge in [-0.2, -0.15) is 5.10 Å². The summed E-state index contributed by atoms with van der Waals surface area (Å²) in [5.74, 6) is -0.898. The fourth-order valence-electron chi connectivity index (χ4n) is 3.39. The third-order valence-corrected chi connectivity index (χ3v) is 5.40. The first-order valence-corrected chi connectivity index (χ1v) is 9.66. The van der Waals surface area contributed by atoms with Crippen LogP contribution in [0.4, 0.5) is 22.0 Å². The number of benzene rings is 1. The highest BCUT2D eigenvalue weighted by Crippen LogP contribution is 2.28. The maximum Gasteiger partial charge on any atom is 0.282 e. The van der Waals surface area contributed by atoms with E-state index in [2.05, 4.69) is 5.10 Å². The lowest BCUT2D eigenvalue weighted by molar-refractivity contribution is -0.136. The van der Waals surface area contributed by atoms with Gasteiger partial charge in [-0.25, -0.2) is 22.0 Å². The van der Waals surface area contributed by atoms with Gasteiger partial charge in [0, 0.05) is 37.7 Å². The van der Waals surface area contributed by atoms with Crippen LogP contribution in [0.3, 0.4) is 0 Å². The van der Waals surface area contributed by atoms with Gasteiger partial charge in [-0.3, -0.25) is 14.4 Å². The molecule has 11 heteroatoms. The Balaban J connectivity index is 1.63. The highest BCUT2D eigenvalue weighted by atomic mass is 35.5. The van der Waals surface area contributed by atoms with Crippen molar-refractivity contribution in [2.24, 2.45) is 0 Å². The van der Waals surface area contributed by atoms with E-state index in [9.17, 15) is 26.7 Å². The van der Waals surface area contributed by atoms with E-state index in [4.69, 9.17) is 11.6 Å². The summed E-state index contributed by atoms with van der Waals surface area (Å²) in [6.07, 6.45) is -6.04. The number of hydrogen-bond acceptors (Lipinski definition) is 3. The molecule has 1 fully saturated rings. The van der Waals surface area contributed by atoms with Gasteiger partial charge in [-0.15, -0.1) is 0 Å². The Labute approximate surface area is 175 Å². The number of hydrogen-bond donors (Lipinski definition) is 0. The van der Waals surface area contributed by atoms with Gasteiger partial charge >= 0.3 is 0 Å². The molecule has 2 heterocycles. The molecular weight excluding hydrogens is 431 g/mol. The molecule has 1 aliphatic rings. The predicted molar refractivity (Wildman–Crippen MR) is 100 cm³/mol. The molecule has 164 valence electrons. The minimum atomic E-state index is -3.03. The van der Waals surface area contributed by atoms with Crippen LogP contribution in [0.1, 0.15) is 42.8 Å². The Bertz CT molecular complexity index is 899. The Kier molecular flexibility index (Phi) is 6.97. The fraction of sp³-hybridized carbons (Fsp3) is 0.474. The molecule has 0 saturated carbocycles. The lowest BCUT2D eigenvalue weighted by Gasteiger charge is -2.36. The van der Waals surface area contributed by atoms with E-state index < -0.39 is 42.0 Å². The largest absolute Gasteiger partial charge is 0.338 e. The summed E-state index contributed by atoms with van der Waals surface area (Å²) in [4.78, 5) is 16.3. The molecule has 0 bridgehead atoms. The van der Waals surface area contributed by atoms with Crippen LogP contribution in [0.2, 0.25) is 5.02 Å². The number of carbonyl (C=O) groups excluding carboxylic acids is 1. The summed E-state index contributed by atoms with van der Waals surface area (Å²) in [5, 5.41) is 3.83. The van der Waals surface area contributed by atoms with Gasteiger partial charge in [0.2, 0.25) is 5.91 Å². The maximum absolute atomic E-state index is 13.2. The lowest BCUT2D eigenvalue weighted by Crippen LogP contribution is -2.50. The Morgan fingerprint density at radius 3 is 2.33 bits per heavy atom. The molecule has 1 amide bonds. The molecule has 3 rings (SSSR count). The standard InChI is InChI=1S/C19H20ClF5N4O/c1-11(29-16(18(24)25)9-15(26-29)17(22)23)19(30)28-6-4-27(5-7-28)10-12-2-3-13(21)8-14(12)20/h2-3,8-9,11,17-18H,4-7,10H2,1H3. The van der Waals surface area contributed by atoms with Crippen molar-refractivity contribution in [3.8, 4) is 0 Å². The van der Waals surface area contributed by atoms with Gasteiger partial charge in [0.05, 0.1) is 0 Å². The molecule has 0 N–H and O–H groups in total. The summed E-state index contributed by atoms with van der Waals surface area (Å²) in [6.45, 7) is 3.48. The summed E-state index contributed by atoms with van der Waals surface area (Å²) in [5.41, 5.74) is -0.745. The monoisotopic (exact) mass is 450 g/mol. The molecule has 0 radical (unpaired) electrons. The van der Waals surface area contributed by atoms with Crippen molar-refractivity contribution < 1.29 is 26.7 Å². The van der Waals surface area contributed by atoms with E-state index >= 15 is 0 Å². The minimum absolute atomic E-state index is 0.315. The first-order valence-electron chi connectivity index (χ1n) is 9.28. The van der Waals surface area contributed by atoms with E-state index in [1.165, 1.54) is 24.0 Å². The van der Waals surface area contributed by atoms with E-state index in [1.807, 2.05) is 4.90 Å². The second-order valence-corrected chi connectivity index (χ2v) is 7.46. The van der Waals surface area contributed by atoms with E-state index in [0.717, 1.165) is 5.56 Å². The molecule has 5 nitrogen and oxygen atoms in total. The van der Waals surface area contributed by atoms with Crippen molar-refractivity contribution in [2.45, 2.75) is 32.4 Å². The van der Waals surface area contributed by atoms with Crippen molar-refractivity contribution >= 4 is 17.5 Å². The van der Waals surface area contributed by atoms with Crippen molar-refractivity contribution in [2.75, 3.05) is 26.2 Å². The van der Waals surface area contributed by atoms with Crippen molar-refractivity contribution in [1.82, 2.24) is 19.6 Å². The highest BCUT2D eigenvalue weighted by Gasteiger charge is 2.31. The Morgan fingerprint density at radius 2 is 1.77 bits per heavy atom. The number of rotatable bonds is 6. The second kappa shape index (κ2) is 9.30. The second-order valence-electron chi connectivity index (χ2n) is 7.05. The maximum atomic E-state index is 13.2. The number of piperazine rings is 1. The van der Waals surface area contributed by atoms with E-state index in [0.29, 0.717) is 48.5 Å². The van der Waals surface area contributed by atoms with Crippen LogP contribution in [0.15, 0.2) is 24.3 Å². The first kappa shape index (κ1) is 22.5. The number of aromatic nitrogens is 2. The topological polar surface area (TPSA) is 41.4 Å². The number of amides is 1. The van der Waals surface area contributed by atoms with Crippen molar-refractivity contribution in [3.63, 3.8) is 0 Å². The van der Waals surface area contributed by atoms with Gasteiger partial charge < -0.3 is 4.90 Å². The number of alkyl halides is 4. The van der Waals surface area contributed by atoms with Crippen LogP contribution in [0.25, 0.3) is 0 Å². The van der Waals surface area contributed by atoms with Crippen LogP contribution >= 0.6 is 11.6 Å². The third kappa shape index (κ3) is 4.92. The average molecular weight is 451 g/mol. The average Bonchev–Trinajstić information content (AvgIpc) is 3.16. The summed E-state index contributed by atoms with van der Waals surface area (Å²) in [6, 6.07) is 3.64. The van der Waals surface area contributed by atoms with Gasteiger partial charge in [-0.05, 0) is 30.7 Å². The number of halogens is 6. The number of nitrogens with zero attached hydrogens (tertiary/aromatic N) is 4. The molecule has 1 aromatic heterocycles. The molecule has 1 aromatic carbocycles. The number of carbonyl (C=O) groups is 1. The molecule has 1 aliphatic heterocycles. The van der Waals surface area contributed by atoms with Crippen LogP contribution in [-0.4, -0.2) is 51.7 Å². The van der Waals surface area contributed by atoms with Gasteiger partial charge in [0.1, 0.15) is 23.2 Å². The quantitative estimate of drug-likeness (QED) is 0.610. The minimum Gasteiger partial charge on any atom is -0.338 e. The normalized spacial score (nSPS) is 16.5. The molecule has 0 spiro atoms. The van der Waals surface area contributed by atoms with Crippen molar-refractivity contribution in [1.29, 1.82) is 0 Å². The van der Waals surface area contributed by atoms with Crippen LogP contribution in [0.5, 0.6) is 0 Å². The fourth-order valence-corrected chi connectivity index (χ4v) is 3.62. The van der Waals surface area contributed by atoms with E-state index in [-0.39, 0.29) is 0 Å². The molecule has 30 heavy (non-hydrogen) atoms. The smallest absolute Gasteiger partial charge is 0.282 e. The first-order chi connectivity index (χ1) is 14.2. The molecule has 1 saturated heterocycles. The van der Waals surface area contributed by atoms with Crippen LogP contribution < -0.4 is 0 Å². The molecule has 0 aliphatic carbocycles. The Morgan fingerprint density at radius 1 is 1.10 bits per heavy atom. The SMILES string of the molecule is CC(C(=O)N1CCN(Cc2ccc(F)cc2Cl)CC1)n1nc(C(F)F)cc1C(F)F. The van der Waals surface area contributed by atoms with Crippen LogP contribution in [-0.2, 0) is 11.3 Å². The van der Waals surface area contributed by atoms with Gasteiger partial charge in [0.25, 0.3) is 12.9 Å². The molecular formula is C19H20ClF5N4O. The summed E-state index contributed by atoms with van der Waals surface area (Å²) in [7, 11) is 0. The molecule has 1 atom stereocenters.